The second-order valence-electron chi connectivity index (χ2n) is 12.4. The summed E-state index contributed by atoms with van der Waals surface area (Å²) in [4.78, 5) is 13.5. The molecule has 3 heteroatoms. The summed E-state index contributed by atoms with van der Waals surface area (Å²) in [5.41, 5.74) is 1.19. The van der Waals surface area contributed by atoms with Gasteiger partial charge in [-0.25, -0.2) is 4.39 Å². The topological polar surface area (TPSA) is 37.3 Å². The lowest BCUT2D eigenvalue weighted by molar-refractivity contribution is -0.144. The molecule has 0 amide bonds. The molecule has 4 aliphatic carbocycles. The summed E-state index contributed by atoms with van der Waals surface area (Å²) < 4.78 is 13.8. The van der Waals surface area contributed by atoms with Crippen molar-refractivity contribution in [3.8, 4) is 0 Å². The van der Waals surface area contributed by atoms with Gasteiger partial charge in [0, 0.05) is 11.5 Å². The monoisotopic (exact) mass is 426 g/mol. The number of aryl methyl sites for hydroxylation is 1. The van der Waals surface area contributed by atoms with Crippen LogP contribution >= 0.6 is 0 Å². The number of fused-ring (bicyclic) bond motifs is 5. The molecule has 4 saturated carbocycles. The van der Waals surface area contributed by atoms with Gasteiger partial charge < -0.3 is 5.11 Å². The molecule has 0 aromatic heterocycles. The van der Waals surface area contributed by atoms with E-state index in [1.807, 2.05) is 6.92 Å². The fraction of sp³-hybridized carbons (Fsp3) is 0.750. The summed E-state index contributed by atoms with van der Waals surface area (Å²) in [7, 11) is 0. The minimum absolute atomic E-state index is 0.0703. The van der Waals surface area contributed by atoms with Crippen LogP contribution in [0, 0.1) is 53.2 Å². The van der Waals surface area contributed by atoms with Gasteiger partial charge in [-0.05, 0) is 130 Å². The molecular formula is C28H39FO2. The summed E-state index contributed by atoms with van der Waals surface area (Å²) >= 11 is 0. The number of carbonyl (C=O) groups is 1. The van der Waals surface area contributed by atoms with E-state index in [0.717, 1.165) is 50.4 Å². The van der Waals surface area contributed by atoms with E-state index in [0.29, 0.717) is 28.4 Å². The number of hydrogen-bond acceptors (Lipinski definition) is 2. The molecule has 5 rings (SSSR count). The standard InChI is InChI=1S/C28H39FO2/c1-17-15-18(5-10-24(17)29)25(30)23-9-8-21-20-7-6-19-16-26(2,31)13-14-27(19,3)22(20)11-12-28(21,23)4/h5,10,15,19-23,31H,6-9,11-14,16H2,1-4H3/t19-,20+,21+,22+,23-,26-,27+,28+/m1/s1. The molecule has 0 bridgehead atoms. The molecule has 0 unspecified atom stereocenters. The Balaban J connectivity index is 1.39. The van der Waals surface area contributed by atoms with E-state index in [2.05, 4.69) is 13.8 Å². The minimum Gasteiger partial charge on any atom is -0.390 e. The summed E-state index contributed by atoms with van der Waals surface area (Å²) in [5.74, 6) is 2.80. The third-order valence-corrected chi connectivity index (χ3v) is 10.7. The summed E-state index contributed by atoms with van der Waals surface area (Å²) in [5, 5.41) is 10.7. The zero-order chi connectivity index (χ0) is 22.2. The molecule has 8 atom stereocenters. The Labute approximate surface area is 187 Å². The maximum atomic E-state index is 13.8. The number of Topliss-reactive ketones (excluding diaryl/α,β-unsaturated/α-hetero) is 1. The smallest absolute Gasteiger partial charge is 0.166 e. The molecule has 4 fully saturated rings. The highest BCUT2D eigenvalue weighted by Crippen LogP contribution is 2.68. The summed E-state index contributed by atoms with van der Waals surface area (Å²) in [6, 6.07) is 4.89. The molecule has 170 valence electrons. The molecule has 0 saturated heterocycles. The molecule has 1 aromatic rings. The maximum absolute atomic E-state index is 13.8. The van der Waals surface area contributed by atoms with Crippen LogP contribution in [0.2, 0.25) is 0 Å². The van der Waals surface area contributed by atoms with Crippen LogP contribution in [0.4, 0.5) is 4.39 Å². The third-order valence-electron chi connectivity index (χ3n) is 10.7. The first kappa shape index (κ1) is 21.6. The Bertz CT molecular complexity index is 891. The highest BCUT2D eigenvalue weighted by atomic mass is 19.1. The Morgan fingerprint density at radius 3 is 2.45 bits per heavy atom. The zero-order valence-corrected chi connectivity index (χ0v) is 19.7. The van der Waals surface area contributed by atoms with Crippen molar-refractivity contribution in [3.63, 3.8) is 0 Å². The van der Waals surface area contributed by atoms with Crippen molar-refractivity contribution in [1.82, 2.24) is 0 Å². The molecule has 0 radical (unpaired) electrons. The number of benzene rings is 1. The van der Waals surface area contributed by atoms with Gasteiger partial charge in [0.05, 0.1) is 5.60 Å². The van der Waals surface area contributed by atoms with E-state index in [4.69, 9.17) is 0 Å². The normalized spacial score (nSPS) is 46.7. The van der Waals surface area contributed by atoms with Crippen molar-refractivity contribution in [2.24, 2.45) is 40.4 Å². The van der Waals surface area contributed by atoms with Gasteiger partial charge >= 0.3 is 0 Å². The molecule has 0 heterocycles. The first-order chi connectivity index (χ1) is 14.6. The first-order valence-electron chi connectivity index (χ1n) is 12.6. The van der Waals surface area contributed by atoms with Crippen molar-refractivity contribution in [2.75, 3.05) is 0 Å². The van der Waals surface area contributed by atoms with Crippen LogP contribution < -0.4 is 0 Å². The number of hydrogen-bond donors (Lipinski definition) is 1. The van der Waals surface area contributed by atoms with Gasteiger partial charge in [-0.2, -0.15) is 0 Å². The number of rotatable bonds is 2. The molecule has 2 nitrogen and oxygen atoms in total. The van der Waals surface area contributed by atoms with E-state index in [1.54, 1.807) is 19.1 Å². The van der Waals surface area contributed by atoms with Crippen molar-refractivity contribution >= 4 is 5.78 Å². The van der Waals surface area contributed by atoms with Gasteiger partial charge in [0.25, 0.3) is 0 Å². The highest BCUT2D eigenvalue weighted by Gasteiger charge is 2.61. The lowest BCUT2D eigenvalue weighted by atomic mass is 9.44. The minimum atomic E-state index is -0.488. The van der Waals surface area contributed by atoms with Gasteiger partial charge in [-0.15, -0.1) is 0 Å². The van der Waals surface area contributed by atoms with Gasteiger partial charge in [0.1, 0.15) is 5.82 Å². The highest BCUT2D eigenvalue weighted by molar-refractivity contribution is 5.98. The van der Waals surface area contributed by atoms with Crippen LogP contribution in [0.5, 0.6) is 0 Å². The first-order valence-corrected chi connectivity index (χ1v) is 12.6. The SMILES string of the molecule is Cc1cc(C(=O)[C@H]2CC[C@H]3[C@@H]4CC[C@@H]5C[C@](C)(O)CC[C@]5(C)[C@H]4CC[C@]23C)ccc1F. The molecular weight excluding hydrogens is 387 g/mol. The average molecular weight is 427 g/mol. The Hall–Kier alpha value is -1.22. The predicted molar refractivity (Wildman–Crippen MR) is 121 cm³/mol. The van der Waals surface area contributed by atoms with E-state index in [-0.39, 0.29) is 22.9 Å². The zero-order valence-electron chi connectivity index (χ0n) is 19.7. The van der Waals surface area contributed by atoms with Crippen LogP contribution in [-0.4, -0.2) is 16.5 Å². The van der Waals surface area contributed by atoms with Crippen LogP contribution in [0.25, 0.3) is 0 Å². The van der Waals surface area contributed by atoms with E-state index >= 15 is 0 Å². The second kappa shape index (κ2) is 7.14. The number of ketones is 1. The number of aliphatic hydroxyl groups is 1. The van der Waals surface area contributed by atoms with E-state index in [1.165, 1.54) is 25.3 Å². The van der Waals surface area contributed by atoms with Crippen LogP contribution in [0.3, 0.4) is 0 Å². The summed E-state index contributed by atoms with van der Waals surface area (Å²) in [6.45, 7) is 8.68. The lowest BCUT2D eigenvalue weighted by Crippen LogP contribution is -2.55. The second-order valence-corrected chi connectivity index (χ2v) is 12.4. The third kappa shape index (κ3) is 3.24. The summed E-state index contributed by atoms with van der Waals surface area (Å²) in [6.07, 6.45) is 10.0. The fourth-order valence-electron chi connectivity index (χ4n) is 8.86. The largest absolute Gasteiger partial charge is 0.390 e. The number of halogens is 1. The van der Waals surface area contributed by atoms with Crippen LogP contribution in [0.15, 0.2) is 18.2 Å². The van der Waals surface area contributed by atoms with Crippen molar-refractivity contribution < 1.29 is 14.3 Å². The lowest BCUT2D eigenvalue weighted by Gasteiger charge is -2.61. The Morgan fingerprint density at radius 2 is 1.71 bits per heavy atom. The van der Waals surface area contributed by atoms with Gasteiger partial charge in [0.15, 0.2) is 5.78 Å². The molecule has 0 aliphatic heterocycles. The van der Waals surface area contributed by atoms with Gasteiger partial charge in [-0.3, -0.25) is 4.79 Å². The van der Waals surface area contributed by atoms with Crippen molar-refractivity contribution in [3.05, 3.63) is 35.1 Å². The molecule has 1 N–H and O–H groups in total. The predicted octanol–water partition coefficient (Wildman–Crippen LogP) is 6.73. The van der Waals surface area contributed by atoms with Gasteiger partial charge in [-0.1, -0.05) is 13.8 Å². The molecule has 31 heavy (non-hydrogen) atoms. The van der Waals surface area contributed by atoms with E-state index < -0.39 is 5.60 Å². The molecule has 4 aliphatic rings. The Morgan fingerprint density at radius 1 is 0.968 bits per heavy atom. The van der Waals surface area contributed by atoms with Gasteiger partial charge in [0.2, 0.25) is 0 Å². The van der Waals surface area contributed by atoms with Crippen LogP contribution in [0.1, 0.15) is 94.5 Å². The Kier molecular flexibility index (Phi) is 4.98. The quantitative estimate of drug-likeness (QED) is 0.533. The maximum Gasteiger partial charge on any atom is 0.166 e. The number of carbonyl (C=O) groups excluding carboxylic acids is 1. The van der Waals surface area contributed by atoms with E-state index in [9.17, 15) is 14.3 Å². The van der Waals surface area contributed by atoms with Crippen LogP contribution in [-0.2, 0) is 0 Å². The molecule has 0 spiro atoms. The molecule has 1 aromatic carbocycles. The van der Waals surface area contributed by atoms with Crippen molar-refractivity contribution in [1.29, 1.82) is 0 Å². The fourth-order valence-corrected chi connectivity index (χ4v) is 8.86. The van der Waals surface area contributed by atoms with Crippen molar-refractivity contribution in [2.45, 2.75) is 91.1 Å². The average Bonchev–Trinajstić information content (AvgIpc) is 3.07.